The highest BCUT2D eigenvalue weighted by Gasteiger charge is 2.10. The second-order valence-corrected chi connectivity index (χ2v) is 7.00. The molecule has 0 fully saturated rings. The Hall–Kier alpha value is -2.59. The average Bonchev–Trinajstić information content (AvgIpc) is 2.92. The number of ether oxygens (including phenoxy) is 1. The Morgan fingerprint density at radius 2 is 1.88 bits per heavy atom. The SMILES string of the molecule is Cc1[nH]c2ccc(C(=O)NCc3cccc(COC(C)C)c3)cc2c1C. The van der Waals surface area contributed by atoms with Crippen molar-refractivity contribution in [2.24, 2.45) is 0 Å². The number of aromatic nitrogens is 1. The van der Waals surface area contributed by atoms with E-state index in [1.165, 1.54) is 5.56 Å². The summed E-state index contributed by atoms with van der Waals surface area (Å²) in [5, 5.41) is 4.11. The van der Waals surface area contributed by atoms with Gasteiger partial charge in [0.1, 0.15) is 0 Å². The van der Waals surface area contributed by atoms with Crippen molar-refractivity contribution in [1.82, 2.24) is 10.3 Å². The van der Waals surface area contributed by atoms with Crippen molar-refractivity contribution in [2.75, 3.05) is 0 Å². The van der Waals surface area contributed by atoms with E-state index < -0.39 is 0 Å². The fraction of sp³-hybridized carbons (Fsp3) is 0.318. The lowest BCUT2D eigenvalue weighted by molar-refractivity contribution is 0.0657. The molecule has 26 heavy (non-hydrogen) atoms. The molecule has 1 amide bonds. The maximum atomic E-state index is 12.5. The summed E-state index contributed by atoms with van der Waals surface area (Å²) in [6, 6.07) is 13.9. The molecule has 4 nitrogen and oxygen atoms in total. The summed E-state index contributed by atoms with van der Waals surface area (Å²) in [4.78, 5) is 15.9. The third-order valence-corrected chi connectivity index (χ3v) is 4.60. The fourth-order valence-corrected chi connectivity index (χ4v) is 2.98. The maximum absolute atomic E-state index is 12.5. The van der Waals surface area contributed by atoms with Crippen molar-refractivity contribution in [3.63, 3.8) is 0 Å². The summed E-state index contributed by atoms with van der Waals surface area (Å²) >= 11 is 0. The molecule has 0 aliphatic carbocycles. The van der Waals surface area contributed by atoms with Crippen LogP contribution in [0.5, 0.6) is 0 Å². The van der Waals surface area contributed by atoms with Gasteiger partial charge in [0.15, 0.2) is 0 Å². The second kappa shape index (κ2) is 7.75. The van der Waals surface area contributed by atoms with E-state index in [1.807, 2.05) is 57.2 Å². The third-order valence-electron chi connectivity index (χ3n) is 4.60. The van der Waals surface area contributed by atoms with E-state index in [1.54, 1.807) is 0 Å². The molecule has 0 radical (unpaired) electrons. The number of H-pyrrole nitrogens is 1. The van der Waals surface area contributed by atoms with Gasteiger partial charge in [-0.1, -0.05) is 24.3 Å². The quantitative estimate of drug-likeness (QED) is 0.680. The normalized spacial score (nSPS) is 11.3. The number of amides is 1. The first-order chi connectivity index (χ1) is 12.4. The topological polar surface area (TPSA) is 54.1 Å². The molecule has 0 aliphatic heterocycles. The van der Waals surface area contributed by atoms with Gasteiger partial charge in [-0.25, -0.2) is 0 Å². The van der Waals surface area contributed by atoms with Crippen LogP contribution in [0.2, 0.25) is 0 Å². The van der Waals surface area contributed by atoms with Crippen LogP contribution in [0.4, 0.5) is 0 Å². The minimum atomic E-state index is -0.0611. The Labute approximate surface area is 154 Å². The number of nitrogens with one attached hydrogen (secondary N) is 2. The summed E-state index contributed by atoms with van der Waals surface area (Å²) in [7, 11) is 0. The highest BCUT2D eigenvalue weighted by Crippen LogP contribution is 2.22. The molecule has 0 saturated carbocycles. The highest BCUT2D eigenvalue weighted by molar-refractivity contribution is 5.99. The summed E-state index contributed by atoms with van der Waals surface area (Å²) in [5.41, 5.74) is 6.25. The van der Waals surface area contributed by atoms with Crippen LogP contribution in [0, 0.1) is 13.8 Å². The fourth-order valence-electron chi connectivity index (χ4n) is 2.98. The van der Waals surface area contributed by atoms with Gasteiger partial charge in [0.05, 0.1) is 12.7 Å². The summed E-state index contributed by atoms with van der Waals surface area (Å²) in [5.74, 6) is -0.0611. The van der Waals surface area contributed by atoms with Crippen molar-refractivity contribution in [2.45, 2.75) is 47.0 Å². The van der Waals surface area contributed by atoms with Gasteiger partial charge >= 0.3 is 0 Å². The minimum absolute atomic E-state index is 0.0611. The molecule has 0 atom stereocenters. The van der Waals surface area contributed by atoms with Gasteiger partial charge in [-0.05, 0) is 62.6 Å². The first-order valence-electron chi connectivity index (χ1n) is 9.00. The Morgan fingerprint density at radius 3 is 2.65 bits per heavy atom. The van der Waals surface area contributed by atoms with Crippen LogP contribution in [0.15, 0.2) is 42.5 Å². The lowest BCUT2D eigenvalue weighted by atomic mass is 10.1. The number of rotatable bonds is 6. The van der Waals surface area contributed by atoms with Crippen molar-refractivity contribution >= 4 is 16.8 Å². The van der Waals surface area contributed by atoms with Crippen molar-refractivity contribution in [1.29, 1.82) is 0 Å². The Balaban J connectivity index is 1.67. The molecule has 136 valence electrons. The number of hydrogen-bond donors (Lipinski definition) is 2. The van der Waals surface area contributed by atoms with Gasteiger partial charge in [0.25, 0.3) is 5.91 Å². The molecule has 2 aromatic carbocycles. The minimum Gasteiger partial charge on any atom is -0.374 e. The van der Waals surface area contributed by atoms with Crippen LogP contribution in [0.1, 0.15) is 46.6 Å². The Morgan fingerprint density at radius 1 is 1.12 bits per heavy atom. The molecule has 3 aromatic rings. The molecule has 0 aliphatic rings. The van der Waals surface area contributed by atoms with Gasteiger partial charge in [-0.3, -0.25) is 4.79 Å². The lowest BCUT2D eigenvalue weighted by Gasteiger charge is -2.10. The van der Waals surface area contributed by atoms with Gasteiger partial charge in [-0.15, -0.1) is 0 Å². The standard InChI is InChI=1S/C22H26N2O2/c1-14(2)26-13-18-7-5-6-17(10-18)12-23-22(25)19-8-9-21-20(11-19)15(3)16(4)24-21/h5-11,14,24H,12-13H2,1-4H3,(H,23,25). The van der Waals surface area contributed by atoms with Crippen molar-refractivity contribution in [3.05, 3.63) is 70.4 Å². The second-order valence-electron chi connectivity index (χ2n) is 7.00. The molecule has 0 saturated heterocycles. The molecule has 1 heterocycles. The van der Waals surface area contributed by atoms with E-state index in [-0.39, 0.29) is 12.0 Å². The van der Waals surface area contributed by atoms with Crippen LogP contribution in [0.25, 0.3) is 10.9 Å². The predicted octanol–water partition coefficient (Wildman–Crippen LogP) is 4.64. The average molecular weight is 350 g/mol. The van der Waals surface area contributed by atoms with Crippen LogP contribution < -0.4 is 5.32 Å². The summed E-state index contributed by atoms with van der Waals surface area (Å²) in [6.45, 7) is 9.24. The molecule has 3 rings (SSSR count). The predicted molar refractivity (Wildman–Crippen MR) is 105 cm³/mol. The van der Waals surface area contributed by atoms with E-state index in [2.05, 4.69) is 23.3 Å². The molecule has 0 bridgehead atoms. The van der Waals surface area contributed by atoms with Gasteiger partial charge in [0.2, 0.25) is 0 Å². The molecule has 4 heteroatoms. The van der Waals surface area contributed by atoms with E-state index in [0.29, 0.717) is 18.7 Å². The van der Waals surface area contributed by atoms with Gasteiger partial charge < -0.3 is 15.0 Å². The number of carbonyl (C=O) groups is 1. The summed E-state index contributed by atoms with van der Waals surface area (Å²) in [6.07, 6.45) is 0.203. The molecule has 0 spiro atoms. The van der Waals surface area contributed by atoms with Crippen LogP contribution in [-0.2, 0) is 17.9 Å². The largest absolute Gasteiger partial charge is 0.374 e. The van der Waals surface area contributed by atoms with E-state index >= 15 is 0 Å². The number of fused-ring (bicyclic) bond motifs is 1. The molecule has 1 aromatic heterocycles. The van der Waals surface area contributed by atoms with E-state index in [0.717, 1.165) is 27.7 Å². The van der Waals surface area contributed by atoms with Crippen molar-refractivity contribution in [3.8, 4) is 0 Å². The Bertz CT molecular complexity index is 925. The van der Waals surface area contributed by atoms with Crippen LogP contribution in [0.3, 0.4) is 0 Å². The number of hydrogen-bond acceptors (Lipinski definition) is 2. The van der Waals surface area contributed by atoms with Crippen LogP contribution >= 0.6 is 0 Å². The number of carbonyl (C=O) groups excluding carboxylic acids is 1. The van der Waals surface area contributed by atoms with Crippen molar-refractivity contribution < 1.29 is 9.53 Å². The lowest BCUT2D eigenvalue weighted by Crippen LogP contribution is -2.22. The zero-order chi connectivity index (χ0) is 18.7. The smallest absolute Gasteiger partial charge is 0.251 e. The zero-order valence-electron chi connectivity index (χ0n) is 15.8. The van der Waals surface area contributed by atoms with E-state index in [4.69, 9.17) is 4.74 Å². The first kappa shape index (κ1) is 18.2. The molecule has 0 unspecified atom stereocenters. The number of aryl methyl sites for hydroxylation is 2. The third kappa shape index (κ3) is 4.14. The summed E-state index contributed by atoms with van der Waals surface area (Å²) < 4.78 is 5.64. The maximum Gasteiger partial charge on any atom is 0.251 e. The molecular formula is C22H26N2O2. The zero-order valence-corrected chi connectivity index (χ0v) is 15.8. The van der Waals surface area contributed by atoms with Crippen LogP contribution in [-0.4, -0.2) is 17.0 Å². The molecular weight excluding hydrogens is 324 g/mol. The molecule has 2 N–H and O–H groups in total. The number of benzene rings is 2. The monoisotopic (exact) mass is 350 g/mol. The highest BCUT2D eigenvalue weighted by atomic mass is 16.5. The number of aromatic amines is 1. The van der Waals surface area contributed by atoms with Gasteiger partial charge in [0, 0.05) is 28.7 Å². The van der Waals surface area contributed by atoms with E-state index in [9.17, 15) is 4.79 Å². The Kier molecular flexibility index (Phi) is 5.43. The van der Waals surface area contributed by atoms with Gasteiger partial charge in [-0.2, -0.15) is 0 Å². The first-order valence-corrected chi connectivity index (χ1v) is 9.00.